The minimum atomic E-state index is -3.69. The van der Waals surface area contributed by atoms with Crippen LogP contribution in [-0.2, 0) is 14.8 Å². The number of hydrogen-bond donors (Lipinski definition) is 1. The Labute approximate surface area is 164 Å². The van der Waals surface area contributed by atoms with Crippen LogP contribution in [0.4, 0.5) is 11.4 Å². The highest BCUT2D eigenvalue weighted by molar-refractivity contribution is 7.92. The second kappa shape index (κ2) is 7.86. The first kappa shape index (κ1) is 20.6. The van der Waals surface area contributed by atoms with Crippen molar-refractivity contribution in [3.05, 3.63) is 57.6 Å². The quantitative estimate of drug-likeness (QED) is 0.787. The van der Waals surface area contributed by atoms with Crippen molar-refractivity contribution in [3.63, 3.8) is 0 Å². The Kier molecular flexibility index (Phi) is 6.21. The van der Waals surface area contributed by atoms with Crippen molar-refractivity contribution in [1.82, 2.24) is 0 Å². The number of nitrogens with one attached hydrogen (secondary N) is 1. The first-order valence-electron chi connectivity index (χ1n) is 7.83. The predicted molar refractivity (Wildman–Crippen MR) is 108 cm³/mol. The first-order valence-corrected chi connectivity index (χ1v) is 10.4. The minimum Gasteiger partial charge on any atom is -0.323 e. The smallest absolute Gasteiger partial charge is 0.248 e. The molecule has 2 aromatic carbocycles. The van der Waals surface area contributed by atoms with Crippen LogP contribution in [0.2, 0.25) is 10.0 Å². The van der Waals surface area contributed by atoms with Gasteiger partial charge in [-0.05, 0) is 56.2 Å². The molecule has 0 bridgehead atoms. The predicted octanol–water partition coefficient (Wildman–Crippen LogP) is 4.40. The van der Waals surface area contributed by atoms with E-state index < -0.39 is 22.0 Å². The third-order valence-electron chi connectivity index (χ3n) is 3.88. The number of rotatable bonds is 5. The summed E-state index contributed by atoms with van der Waals surface area (Å²) in [6.07, 6.45) is 1.08. The van der Waals surface area contributed by atoms with Crippen LogP contribution in [0.3, 0.4) is 0 Å². The van der Waals surface area contributed by atoms with E-state index in [1.807, 2.05) is 19.1 Å². The number of hydrogen-bond acceptors (Lipinski definition) is 3. The Morgan fingerprint density at radius 3 is 2.35 bits per heavy atom. The molecule has 0 aliphatic rings. The van der Waals surface area contributed by atoms with Gasteiger partial charge in [-0.15, -0.1) is 0 Å². The normalized spacial score (nSPS) is 12.5. The molecule has 0 radical (unpaired) electrons. The number of halogens is 2. The zero-order valence-corrected chi connectivity index (χ0v) is 17.2. The third-order valence-corrected chi connectivity index (χ3v) is 5.65. The lowest BCUT2D eigenvalue weighted by Gasteiger charge is -2.29. The van der Waals surface area contributed by atoms with Gasteiger partial charge in [0, 0.05) is 5.02 Å². The molecule has 0 spiro atoms. The summed E-state index contributed by atoms with van der Waals surface area (Å²) in [5.74, 6) is -0.499. The molecule has 1 N–H and O–H groups in total. The Bertz CT molecular complexity index is 945. The summed E-state index contributed by atoms with van der Waals surface area (Å²) in [6, 6.07) is 9.14. The number of nitrogens with zero attached hydrogens (tertiary/aromatic N) is 1. The second-order valence-corrected chi connectivity index (χ2v) is 8.84. The SMILES string of the molecule is Cc1ccc(C)c(N([C@@H](C)C(=O)Nc2ccc(Cl)cc2Cl)S(C)(=O)=O)c1. The van der Waals surface area contributed by atoms with E-state index in [9.17, 15) is 13.2 Å². The largest absolute Gasteiger partial charge is 0.323 e. The summed E-state index contributed by atoms with van der Waals surface area (Å²) in [4.78, 5) is 12.7. The van der Waals surface area contributed by atoms with Crippen LogP contribution in [0.5, 0.6) is 0 Å². The fourth-order valence-corrected chi connectivity index (χ4v) is 4.25. The molecule has 5 nitrogen and oxygen atoms in total. The van der Waals surface area contributed by atoms with E-state index in [1.54, 1.807) is 25.1 Å². The van der Waals surface area contributed by atoms with Crippen molar-refractivity contribution in [3.8, 4) is 0 Å². The molecule has 0 fully saturated rings. The van der Waals surface area contributed by atoms with E-state index in [4.69, 9.17) is 23.2 Å². The monoisotopic (exact) mass is 414 g/mol. The molecule has 2 rings (SSSR count). The maximum Gasteiger partial charge on any atom is 0.248 e. The maximum absolute atomic E-state index is 12.7. The molecule has 1 amide bonds. The van der Waals surface area contributed by atoms with Gasteiger partial charge in [0.25, 0.3) is 0 Å². The van der Waals surface area contributed by atoms with Gasteiger partial charge < -0.3 is 5.32 Å². The van der Waals surface area contributed by atoms with E-state index in [2.05, 4.69) is 5.32 Å². The van der Waals surface area contributed by atoms with Crippen LogP contribution in [0.25, 0.3) is 0 Å². The van der Waals surface area contributed by atoms with Crippen molar-refractivity contribution in [2.24, 2.45) is 0 Å². The number of sulfonamides is 1. The van der Waals surface area contributed by atoms with E-state index >= 15 is 0 Å². The molecule has 0 saturated carbocycles. The first-order chi connectivity index (χ1) is 12.0. The second-order valence-electron chi connectivity index (χ2n) is 6.14. The van der Waals surface area contributed by atoms with Crippen LogP contribution < -0.4 is 9.62 Å². The van der Waals surface area contributed by atoms with Gasteiger partial charge in [-0.2, -0.15) is 0 Å². The van der Waals surface area contributed by atoms with Gasteiger partial charge >= 0.3 is 0 Å². The van der Waals surface area contributed by atoms with Crippen LogP contribution in [0, 0.1) is 13.8 Å². The number of carbonyl (C=O) groups excluding carboxylic acids is 1. The van der Waals surface area contributed by atoms with Crippen LogP contribution in [0.15, 0.2) is 36.4 Å². The number of aryl methyl sites for hydroxylation is 2. The average molecular weight is 415 g/mol. The van der Waals surface area contributed by atoms with Crippen molar-refractivity contribution in [2.45, 2.75) is 26.8 Å². The van der Waals surface area contributed by atoms with Gasteiger partial charge in [-0.25, -0.2) is 8.42 Å². The molecule has 2 aromatic rings. The van der Waals surface area contributed by atoms with E-state index in [-0.39, 0.29) is 5.02 Å². The lowest BCUT2D eigenvalue weighted by molar-refractivity contribution is -0.116. The Morgan fingerprint density at radius 2 is 1.77 bits per heavy atom. The third kappa shape index (κ3) is 4.69. The lowest BCUT2D eigenvalue weighted by Crippen LogP contribution is -2.45. The molecule has 0 saturated heterocycles. The molecule has 0 unspecified atom stereocenters. The molecule has 8 heteroatoms. The summed E-state index contributed by atoms with van der Waals surface area (Å²) in [6.45, 7) is 5.19. The maximum atomic E-state index is 12.7. The van der Waals surface area contributed by atoms with Crippen molar-refractivity contribution >= 4 is 50.5 Å². The van der Waals surface area contributed by atoms with Gasteiger partial charge in [-0.3, -0.25) is 9.10 Å². The zero-order valence-electron chi connectivity index (χ0n) is 14.9. The van der Waals surface area contributed by atoms with Gasteiger partial charge in [0.1, 0.15) is 6.04 Å². The average Bonchev–Trinajstić information content (AvgIpc) is 2.52. The zero-order chi connectivity index (χ0) is 19.6. The van der Waals surface area contributed by atoms with Gasteiger partial charge in [0.05, 0.1) is 22.7 Å². The van der Waals surface area contributed by atoms with Gasteiger partial charge in [0.15, 0.2) is 0 Å². The molecule has 0 aliphatic carbocycles. The molecule has 0 heterocycles. The summed E-state index contributed by atoms with van der Waals surface area (Å²) in [5, 5.41) is 3.37. The fourth-order valence-electron chi connectivity index (χ4n) is 2.57. The molecule has 0 aromatic heterocycles. The highest BCUT2D eigenvalue weighted by atomic mass is 35.5. The van der Waals surface area contributed by atoms with E-state index in [1.165, 1.54) is 13.0 Å². The van der Waals surface area contributed by atoms with Crippen LogP contribution in [0.1, 0.15) is 18.1 Å². The molecular formula is C18H20Cl2N2O3S. The van der Waals surface area contributed by atoms with E-state index in [0.717, 1.165) is 21.7 Å². The van der Waals surface area contributed by atoms with E-state index in [0.29, 0.717) is 16.4 Å². The number of carbonyl (C=O) groups is 1. The number of amides is 1. The van der Waals surface area contributed by atoms with Gasteiger partial charge in [0.2, 0.25) is 15.9 Å². The molecule has 140 valence electrons. The molecule has 0 aliphatic heterocycles. The Balaban J connectivity index is 2.39. The topological polar surface area (TPSA) is 66.5 Å². The van der Waals surface area contributed by atoms with Crippen LogP contribution >= 0.6 is 23.2 Å². The molecular weight excluding hydrogens is 395 g/mol. The summed E-state index contributed by atoms with van der Waals surface area (Å²) < 4.78 is 25.9. The molecule has 26 heavy (non-hydrogen) atoms. The van der Waals surface area contributed by atoms with Crippen molar-refractivity contribution in [2.75, 3.05) is 15.9 Å². The fraction of sp³-hybridized carbons (Fsp3) is 0.278. The van der Waals surface area contributed by atoms with Gasteiger partial charge in [-0.1, -0.05) is 35.3 Å². The minimum absolute atomic E-state index is 0.274. The summed E-state index contributed by atoms with van der Waals surface area (Å²) >= 11 is 11.9. The number of benzene rings is 2. The molecule has 1 atom stereocenters. The lowest BCUT2D eigenvalue weighted by atomic mass is 10.1. The Hall–Kier alpha value is -1.76. The van der Waals surface area contributed by atoms with Crippen molar-refractivity contribution in [1.29, 1.82) is 0 Å². The Morgan fingerprint density at radius 1 is 1.12 bits per heavy atom. The number of anilines is 2. The van der Waals surface area contributed by atoms with Crippen LogP contribution in [-0.4, -0.2) is 26.6 Å². The summed E-state index contributed by atoms with van der Waals surface area (Å²) in [7, 11) is -3.69. The highest BCUT2D eigenvalue weighted by Gasteiger charge is 2.30. The van der Waals surface area contributed by atoms with Crippen molar-refractivity contribution < 1.29 is 13.2 Å². The standard InChI is InChI=1S/C18H20Cl2N2O3S/c1-11-5-6-12(2)17(9-11)22(26(4,24)25)13(3)18(23)21-16-8-7-14(19)10-15(16)20/h5-10,13H,1-4H3,(H,21,23)/t13-/m0/s1. The summed E-state index contributed by atoms with van der Waals surface area (Å²) in [5.41, 5.74) is 2.48. The highest BCUT2D eigenvalue weighted by Crippen LogP contribution is 2.28.